The summed E-state index contributed by atoms with van der Waals surface area (Å²) in [6.07, 6.45) is -0.0924. The molecule has 0 bridgehead atoms. The molecule has 0 radical (unpaired) electrons. The second-order valence-electron chi connectivity index (χ2n) is 5.55. The molecule has 21 heavy (non-hydrogen) atoms. The van der Waals surface area contributed by atoms with Crippen LogP contribution in [0.2, 0.25) is 0 Å². The highest BCUT2D eigenvalue weighted by molar-refractivity contribution is 5.67. The van der Waals surface area contributed by atoms with Gasteiger partial charge in [-0.15, -0.1) is 0 Å². The first-order chi connectivity index (χ1) is 10.0. The Hall–Kier alpha value is -1.55. The van der Waals surface area contributed by atoms with Crippen molar-refractivity contribution in [1.29, 1.82) is 0 Å². The van der Waals surface area contributed by atoms with Crippen molar-refractivity contribution in [2.24, 2.45) is 5.92 Å². The van der Waals surface area contributed by atoms with Gasteiger partial charge in [0.1, 0.15) is 12.2 Å². The van der Waals surface area contributed by atoms with Crippen molar-refractivity contribution in [3.63, 3.8) is 0 Å². The fourth-order valence-electron chi connectivity index (χ4n) is 2.28. The number of nitrogens with one attached hydrogen (secondary N) is 1. The van der Waals surface area contributed by atoms with Crippen LogP contribution in [0.3, 0.4) is 0 Å². The van der Waals surface area contributed by atoms with E-state index in [1.807, 2.05) is 52.0 Å². The number of methoxy groups -OCH3 is 1. The Morgan fingerprint density at radius 2 is 1.95 bits per heavy atom. The maximum Gasteiger partial charge on any atom is 0.407 e. The second kappa shape index (κ2) is 8.67. The lowest BCUT2D eigenvalue weighted by molar-refractivity contribution is -0.0451. The van der Waals surface area contributed by atoms with Gasteiger partial charge < -0.3 is 14.8 Å². The Kier molecular flexibility index (Phi) is 7.23. The van der Waals surface area contributed by atoms with Gasteiger partial charge in [-0.05, 0) is 30.4 Å². The molecular formula is C17H27NO3. The zero-order valence-electron chi connectivity index (χ0n) is 13.7. The van der Waals surface area contributed by atoms with E-state index in [1.54, 1.807) is 7.11 Å². The summed E-state index contributed by atoms with van der Waals surface area (Å²) in [5, 5.41) is 2.75. The normalized spacial score (nSPS) is 13.8. The third-order valence-electron chi connectivity index (χ3n) is 3.47. The highest BCUT2D eigenvalue weighted by Gasteiger charge is 2.30. The van der Waals surface area contributed by atoms with Crippen LogP contribution in [-0.4, -0.2) is 25.9 Å². The lowest BCUT2D eigenvalue weighted by Gasteiger charge is -2.30. The summed E-state index contributed by atoms with van der Waals surface area (Å²) in [5.41, 5.74) is 2.19. The van der Waals surface area contributed by atoms with Gasteiger partial charge in [-0.2, -0.15) is 0 Å². The minimum absolute atomic E-state index is 0.155. The van der Waals surface area contributed by atoms with Crippen LogP contribution in [-0.2, 0) is 9.47 Å². The number of hydrogen-bond donors (Lipinski definition) is 1. The third kappa shape index (κ3) is 5.05. The Morgan fingerprint density at radius 3 is 2.48 bits per heavy atom. The molecule has 1 N–H and O–H groups in total. The maximum absolute atomic E-state index is 11.9. The molecule has 0 aliphatic carbocycles. The molecule has 1 amide bonds. The van der Waals surface area contributed by atoms with E-state index < -0.39 is 0 Å². The summed E-state index contributed by atoms with van der Waals surface area (Å²) in [6.45, 7) is 8.72. The van der Waals surface area contributed by atoms with E-state index in [-0.39, 0.29) is 24.2 Å². The van der Waals surface area contributed by atoms with Gasteiger partial charge >= 0.3 is 6.09 Å². The number of benzene rings is 1. The van der Waals surface area contributed by atoms with Crippen LogP contribution < -0.4 is 5.32 Å². The van der Waals surface area contributed by atoms with Crippen molar-refractivity contribution >= 4 is 6.09 Å². The molecule has 0 aliphatic heterocycles. The van der Waals surface area contributed by atoms with E-state index in [1.165, 1.54) is 0 Å². The smallest absolute Gasteiger partial charge is 0.407 e. The highest BCUT2D eigenvalue weighted by Crippen LogP contribution is 2.29. The van der Waals surface area contributed by atoms with Gasteiger partial charge in [-0.3, -0.25) is 0 Å². The molecule has 0 aliphatic rings. The van der Waals surface area contributed by atoms with Gasteiger partial charge in [0.25, 0.3) is 0 Å². The van der Waals surface area contributed by atoms with Crippen molar-refractivity contribution in [2.75, 3.05) is 13.7 Å². The van der Waals surface area contributed by atoms with Crippen molar-refractivity contribution < 1.29 is 14.3 Å². The largest absolute Gasteiger partial charge is 0.443 e. The standard InChI is InChI=1S/C17H27NO3/c1-6-11-18-17(19)21-15(12(2)3)16(20-5)14-10-8-7-9-13(14)4/h7-10,12,15-16H,6,11H2,1-5H3,(H,18,19). The monoisotopic (exact) mass is 293 g/mol. The molecule has 0 heterocycles. The summed E-state index contributed by atoms with van der Waals surface area (Å²) in [7, 11) is 1.65. The fraction of sp³-hybridized carbons (Fsp3) is 0.588. The molecule has 1 aromatic rings. The summed E-state index contributed by atoms with van der Waals surface area (Å²) in [5.74, 6) is 0.155. The number of rotatable bonds is 7. The van der Waals surface area contributed by atoms with Crippen LogP contribution in [0, 0.1) is 12.8 Å². The van der Waals surface area contributed by atoms with E-state index in [0.29, 0.717) is 6.54 Å². The van der Waals surface area contributed by atoms with Gasteiger partial charge in [-0.25, -0.2) is 4.79 Å². The van der Waals surface area contributed by atoms with E-state index in [4.69, 9.17) is 9.47 Å². The second-order valence-corrected chi connectivity index (χ2v) is 5.55. The number of carbonyl (C=O) groups is 1. The number of alkyl carbamates (subject to hydrolysis) is 1. The summed E-state index contributed by atoms with van der Waals surface area (Å²) < 4.78 is 11.2. The molecule has 2 atom stereocenters. The molecule has 0 spiro atoms. The Morgan fingerprint density at radius 1 is 1.29 bits per heavy atom. The third-order valence-corrected chi connectivity index (χ3v) is 3.47. The van der Waals surface area contributed by atoms with Crippen LogP contribution in [0.1, 0.15) is 44.4 Å². The SMILES string of the molecule is CCCNC(=O)OC(C(C)C)C(OC)c1ccccc1C. The van der Waals surface area contributed by atoms with Crippen molar-refractivity contribution in [2.45, 2.75) is 46.3 Å². The molecule has 1 rings (SSSR count). The minimum atomic E-state index is -0.383. The number of ether oxygens (including phenoxy) is 2. The first kappa shape index (κ1) is 17.5. The van der Waals surface area contributed by atoms with Crippen LogP contribution in [0.4, 0.5) is 4.79 Å². The summed E-state index contributed by atoms with van der Waals surface area (Å²) in [4.78, 5) is 11.9. The Labute approximate surface area is 127 Å². The van der Waals surface area contributed by atoms with Gasteiger partial charge in [0.2, 0.25) is 0 Å². The topological polar surface area (TPSA) is 47.6 Å². The van der Waals surface area contributed by atoms with Crippen molar-refractivity contribution in [3.8, 4) is 0 Å². The zero-order valence-corrected chi connectivity index (χ0v) is 13.7. The average Bonchev–Trinajstić information content (AvgIpc) is 2.46. The first-order valence-corrected chi connectivity index (χ1v) is 7.54. The van der Waals surface area contributed by atoms with Crippen LogP contribution in [0.5, 0.6) is 0 Å². The molecule has 0 saturated heterocycles. The first-order valence-electron chi connectivity index (χ1n) is 7.54. The number of amides is 1. The highest BCUT2D eigenvalue weighted by atomic mass is 16.6. The molecule has 0 saturated carbocycles. The Balaban J connectivity index is 2.91. The van der Waals surface area contributed by atoms with Crippen LogP contribution in [0.25, 0.3) is 0 Å². The van der Waals surface area contributed by atoms with E-state index in [0.717, 1.165) is 17.5 Å². The zero-order chi connectivity index (χ0) is 15.8. The van der Waals surface area contributed by atoms with Gasteiger partial charge in [0, 0.05) is 13.7 Å². The predicted octanol–water partition coefficient (Wildman–Crippen LogP) is 3.84. The molecule has 0 aromatic heterocycles. The Bertz CT molecular complexity index is 445. The molecule has 4 heteroatoms. The lowest BCUT2D eigenvalue weighted by Crippen LogP contribution is -2.36. The molecule has 4 nitrogen and oxygen atoms in total. The predicted molar refractivity (Wildman–Crippen MR) is 84.3 cm³/mol. The summed E-state index contributed by atoms with van der Waals surface area (Å²) in [6, 6.07) is 8.02. The van der Waals surface area contributed by atoms with Gasteiger partial charge in [-0.1, -0.05) is 45.0 Å². The molecule has 118 valence electrons. The fourth-order valence-corrected chi connectivity index (χ4v) is 2.28. The van der Waals surface area contributed by atoms with E-state index in [2.05, 4.69) is 5.32 Å². The molecule has 0 fully saturated rings. The van der Waals surface area contributed by atoms with E-state index in [9.17, 15) is 4.79 Å². The number of hydrogen-bond acceptors (Lipinski definition) is 3. The number of aryl methyl sites for hydroxylation is 1. The van der Waals surface area contributed by atoms with Gasteiger partial charge in [0.15, 0.2) is 0 Å². The molecule has 1 aromatic carbocycles. The summed E-state index contributed by atoms with van der Waals surface area (Å²) >= 11 is 0. The van der Waals surface area contributed by atoms with E-state index >= 15 is 0 Å². The van der Waals surface area contributed by atoms with Crippen molar-refractivity contribution in [1.82, 2.24) is 5.32 Å². The van der Waals surface area contributed by atoms with Crippen LogP contribution >= 0.6 is 0 Å². The quantitative estimate of drug-likeness (QED) is 0.830. The average molecular weight is 293 g/mol. The van der Waals surface area contributed by atoms with Crippen LogP contribution in [0.15, 0.2) is 24.3 Å². The maximum atomic E-state index is 11.9. The van der Waals surface area contributed by atoms with Gasteiger partial charge in [0.05, 0.1) is 0 Å². The molecular weight excluding hydrogens is 266 g/mol. The molecule has 2 unspecified atom stereocenters. The minimum Gasteiger partial charge on any atom is -0.443 e. The lowest BCUT2D eigenvalue weighted by atomic mass is 9.93. The number of carbonyl (C=O) groups excluding carboxylic acids is 1. The van der Waals surface area contributed by atoms with Crippen molar-refractivity contribution in [3.05, 3.63) is 35.4 Å².